The number of nitrogen functional groups attached to an aromatic ring is 1. The summed E-state index contributed by atoms with van der Waals surface area (Å²) >= 11 is 0. The number of nitrogens with zero attached hydrogens (tertiary/aromatic N) is 3. The second kappa shape index (κ2) is 31.7. The number of para-hydroxylation sites is 1. The number of carbonyl (C=O) groups is 2. The predicted molar refractivity (Wildman–Crippen MR) is 243 cm³/mol. The first kappa shape index (κ1) is 51.3. The molecule has 3 N–H and O–H groups in total. The van der Waals surface area contributed by atoms with Gasteiger partial charge in [0.05, 0.1) is 30.6 Å². The van der Waals surface area contributed by atoms with Gasteiger partial charge in [-0.2, -0.15) is 0 Å². The molecule has 2 aromatic heterocycles. The van der Waals surface area contributed by atoms with Crippen LogP contribution in [0.3, 0.4) is 0 Å². The average Bonchev–Trinajstić information content (AvgIpc) is 3.67. The molecule has 60 heavy (non-hydrogen) atoms. The summed E-state index contributed by atoms with van der Waals surface area (Å²) < 4.78 is 36.5. The van der Waals surface area contributed by atoms with Crippen LogP contribution in [0.2, 0.25) is 0 Å². The Bertz CT molecular complexity index is 1650. The first-order chi connectivity index (χ1) is 29.2. The van der Waals surface area contributed by atoms with Crippen LogP contribution in [0.4, 0.5) is 5.82 Å². The lowest BCUT2D eigenvalue weighted by atomic mass is 10.0. The summed E-state index contributed by atoms with van der Waals surface area (Å²) in [5, 5.41) is 0.842. The molecule has 0 saturated heterocycles. The van der Waals surface area contributed by atoms with Gasteiger partial charge in [-0.05, 0) is 18.9 Å². The lowest BCUT2D eigenvalue weighted by molar-refractivity contribution is -0.161. The van der Waals surface area contributed by atoms with Crippen molar-refractivity contribution in [1.82, 2.24) is 14.5 Å². The molecule has 3 rings (SSSR count). The largest absolute Gasteiger partial charge is 0.472 e. The number of ether oxygens (including phenoxy) is 2. The van der Waals surface area contributed by atoms with Crippen molar-refractivity contribution >= 4 is 47.5 Å². The van der Waals surface area contributed by atoms with Gasteiger partial charge in [-0.1, -0.05) is 186 Å². The van der Waals surface area contributed by atoms with Gasteiger partial charge in [0, 0.05) is 24.8 Å². The van der Waals surface area contributed by atoms with Gasteiger partial charge in [0.2, 0.25) is 0 Å². The number of unbranched alkanes of at least 4 members (excludes halogenated alkanes) is 24. The Morgan fingerprint density at radius 1 is 0.683 bits per heavy atom. The van der Waals surface area contributed by atoms with Crippen molar-refractivity contribution in [1.29, 1.82) is 0 Å². The highest BCUT2D eigenvalue weighted by Crippen LogP contribution is 2.43. The van der Waals surface area contributed by atoms with E-state index >= 15 is 0 Å². The molecule has 0 spiro atoms. The standard InChI is InChI=1S/C47H79N4O8P/c1-3-5-7-9-11-13-15-17-19-21-23-25-27-33-43(52)56-37-40(59-44(53)34-28-26-24-22-20-18-16-14-12-10-8-6-4-2)38-58-60(54,55)57-36-35-51-39-49-45-46(51)41-31-29-30-32-42(41)50-47(45)48/h29-32,39-40H,3-28,33-38H2,1-2H3,(H2,48,50)(H,54,55)/t40-/m1/s1. The number of hydrogen-bond acceptors (Lipinski definition) is 10. The van der Waals surface area contributed by atoms with Gasteiger partial charge in [0.15, 0.2) is 11.9 Å². The molecule has 0 aliphatic heterocycles. The minimum absolute atomic E-state index is 0.173. The van der Waals surface area contributed by atoms with Crippen LogP contribution in [0.25, 0.3) is 21.9 Å². The van der Waals surface area contributed by atoms with E-state index in [-0.39, 0.29) is 32.6 Å². The molecule has 12 nitrogen and oxygen atoms in total. The van der Waals surface area contributed by atoms with Crippen molar-refractivity contribution in [2.75, 3.05) is 25.6 Å². The maximum Gasteiger partial charge on any atom is 0.472 e. The number of esters is 2. The topological polar surface area (TPSA) is 165 Å². The summed E-state index contributed by atoms with van der Waals surface area (Å²) in [7, 11) is -4.57. The number of carbonyl (C=O) groups excluding carboxylic acids is 2. The van der Waals surface area contributed by atoms with Crippen molar-refractivity contribution in [2.24, 2.45) is 0 Å². The molecular weight excluding hydrogens is 780 g/mol. The van der Waals surface area contributed by atoms with Crippen LogP contribution >= 0.6 is 7.82 Å². The Balaban J connectivity index is 1.39. The highest BCUT2D eigenvalue weighted by molar-refractivity contribution is 7.47. The smallest absolute Gasteiger partial charge is 0.462 e. The van der Waals surface area contributed by atoms with E-state index in [4.69, 9.17) is 24.3 Å². The van der Waals surface area contributed by atoms with E-state index in [1.807, 2.05) is 24.3 Å². The molecule has 13 heteroatoms. The molecular formula is C47H79N4O8P. The molecule has 0 amide bonds. The van der Waals surface area contributed by atoms with Crippen LogP contribution in [0.15, 0.2) is 30.6 Å². The lowest BCUT2D eigenvalue weighted by Crippen LogP contribution is -2.29. The van der Waals surface area contributed by atoms with Crippen molar-refractivity contribution in [3.63, 3.8) is 0 Å². The number of pyridine rings is 1. The van der Waals surface area contributed by atoms with Gasteiger partial charge in [-0.25, -0.2) is 14.5 Å². The number of anilines is 1. The molecule has 0 bridgehead atoms. The van der Waals surface area contributed by atoms with Gasteiger partial charge in [0.1, 0.15) is 12.1 Å². The molecule has 0 radical (unpaired) electrons. The van der Waals surface area contributed by atoms with Crippen molar-refractivity contribution in [3.8, 4) is 0 Å². The van der Waals surface area contributed by atoms with Crippen molar-refractivity contribution in [2.45, 2.75) is 206 Å². The fourth-order valence-corrected chi connectivity index (χ4v) is 8.38. The van der Waals surface area contributed by atoms with Crippen LogP contribution in [0.5, 0.6) is 0 Å². The third-order valence-electron chi connectivity index (χ3n) is 11.2. The number of fused-ring (bicyclic) bond motifs is 3. The van der Waals surface area contributed by atoms with Crippen LogP contribution < -0.4 is 5.73 Å². The molecule has 1 aromatic carbocycles. The molecule has 2 heterocycles. The van der Waals surface area contributed by atoms with E-state index in [0.717, 1.165) is 49.4 Å². The van der Waals surface area contributed by atoms with Crippen molar-refractivity contribution < 1.29 is 37.6 Å². The normalized spacial score (nSPS) is 13.2. The molecule has 3 aromatic rings. The second-order valence-electron chi connectivity index (χ2n) is 16.5. The monoisotopic (exact) mass is 859 g/mol. The Labute approximate surface area is 361 Å². The number of imidazole rings is 1. The number of benzene rings is 1. The minimum Gasteiger partial charge on any atom is -0.462 e. The van der Waals surface area contributed by atoms with Gasteiger partial charge < -0.3 is 24.7 Å². The summed E-state index contributed by atoms with van der Waals surface area (Å²) in [5.74, 6) is -0.560. The molecule has 0 aliphatic carbocycles. The Morgan fingerprint density at radius 2 is 1.17 bits per heavy atom. The number of hydrogen-bond donors (Lipinski definition) is 2. The van der Waals surface area contributed by atoms with Gasteiger partial charge in [0.25, 0.3) is 0 Å². The van der Waals surface area contributed by atoms with Gasteiger partial charge >= 0.3 is 19.8 Å². The highest BCUT2D eigenvalue weighted by Gasteiger charge is 2.26. The number of phosphoric ester groups is 1. The molecule has 0 aliphatic rings. The van der Waals surface area contributed by atoms with Crippen LogP contribution in [0, 0.1) is 0 Å². The van der Waals surface area contributed by atoms with Crippen LogP contribution in [0.1, 0.15) is 194 Å². The first-order valence-electron chi connectivity index (χ1n) is 23.7. The number of nitrogens with two attached hydrogens (primary N) is 1. The third kappa shape index (κ3) is 22.2. The predicted octanol–water partition coefficient (Wildman–Crippen LogP) is 12.7. The van der Waals surface area contributed by atoms with E-state index in [1.54, 1.807) is 10.9 Å². The molecule has 2 atom stereocenters. The maximum atomic E-state index is 13.0. The minimum atomic E-state index is -4.57. The fraction of sp³-hybridized carbons (Fsp3) is 0.745. The number of phosphoric acid groups is 1. The first-order valence-corrected chi connectivity index (χ1v) is 25.2. The zero-order chi connectivity index (χ0) is 43.1. The molecule has 0 saturated carbocycles. The molecule has 1 unspecified atom stereocenters. The highest BCUT2D eigenvalue weighted by atomic mass is 31.2. The summed E-state index contributed by atoms with van der Waals surface area (Å²) in [4.78, 5) is 44.9. The van der Waals surface area contributed by atoms with E-state index in [1.165, 1.54) is 122 Å². The third-order valence-corrected chi connectivity index (χ3v) is 12.2. The SMILES string of the molecule is CCCCCCCCCCCCCCCC(=O)OC[C@H](COP(=O)(O)OCCn1cnc2c(N)nc3ccccc3c21)OC(=O)CCCCCCCCCCCCCCC. The fourth-order valence-electron chi connectivity index (χ4n) is 7.64. The zero-order valence-electron chi connectivity index (χ0n) is 37.3. The molecule has 340 valence electrons. The number of aromatic nitrogens is 3. The second-order valence-corrected chi connectivity index (χ2v) is 18.0. The average molecular weight is 859 g/mol. The Kier molecular flexibility index (Phi) is 27.1. The summed E-state index contributed by atoms with van der Waals surface area (Å²) in [6.45, 7) is 3.77. The Morgan fingerprint density at radius 3 is 1.70 bits per heavy atom. The quantitative estimate of drug-likeness (QED) is 0.0320. The lowest BCUT2D eigenvalue weighted by Gasteiger charge is -2.20. The van der Waals surface area contributed by atoms with Gasteiger partial charge in [-0.3, -0.25) is 18.6 Å². The molecule has 0 fully saturated rings. The summed E-state index contributed by atoms with van der Waals surface area (Å²) in [6.07, 6.45) is 32.4. The van der Waals surface area contributed by atoms with Crippen LogP contribution in [-0.4, -0.2) is 57.3 Å². The summed E-state index contributed by atoms with van der Waals surface area (Å²) in [5.41, 5.74) is 8.12. The van der Waals surface area contributed by atoms with E-state index in [9.17, 15) is 19.0 Å². The van der Waals surface area contributed by atoms with E-state index < -0.39 is 32.5 Å². The van der Waals surface area contributed by atoms with Gasteiger partial charge in [-0.15, -0.1) is 0 Å². The maximum absolute atomic E-state index is 13.0. The van der Waals surface area contributed by atoms with Crippen molar-refractivity contribution in [3.05, 3.63) is 30.6 Å². The number of rotatable bonds is 38. The van der Waals surface area contributed by atoms with E-state index in [0.29, 0.717) is 23.3 Å². The zero-order valence-corrected chi connectivity index (χ0v) is 38.2. The Hall–Kier alpha value is -3.05. The van der Waals surface area contributed by atoms with Crippen LogP contribution in [-0.2, 0) is 39.2 Å². The summed E-state index contributed by atoms with van der Waals surface area (Å²) in [6, 6.07) is 7.53. The van der Waals surface area contributed by atoms with E-state index in [2.05, 4.69) is 23.8 Å².